The lowest BCUT2D eigenvalue weighted by Gasteiger charge is -2.31. The Labute approximate surface area is 129 Å². The van der Waals surface area contributed by atoms with Crippen molar-refractivity contribution in [3.8, 4) is 0 Å². The molecule has 2 unspecified atom stereocenters. The lowest BCUT2D eigenvalue weighted by atomic mass is 9.84. The van der Waals surface area contributed by atoms with Crippen LogP contribution < -0.4 is 11.1 Å². The second-order valence-electron chi connectivity index (χ2n) is 8.08. The zero-order valence-corrected chi connectivity index (χ0v) is 14.2. The number of carbonyl (C=O) groups is 1. The molecule has 3 N–H and O–H groups in total. The van der Waals surface area contributed by atoms with Crippen LogP contribution in [0.3, 0.4) is 0 Å². The van der Waals surface area contributed by atoms with Gasteiger partial charge in [-0.2, -0.15) is 0 Å². The van der Waals surface area contributed by atoms with Crippen molar-refractivity contribution in [1.29, 1.82) is 0 Å². The van der Waals surface area contributed by atoms with Crippen molar-refractivity contribution in [3.05, 3.63) is 35.9 Å². The fraction of sp³-hybridized carbons (Fsp3) is 0.611. The number of amides is 1. The van der Waals surface area contributed by atoms with Crippen LogP contribution in [0.2, 0.25) is 0 Å². The van der Waals surface area contributed by atoms with Crippen LogP contribution in [0.25, 0.3) is 0 Å². The maximum absolute atomic E-state index is 12.4. The Bertz CT molecular complexity index is 454. The van der Waals surface area contributed by atoms with Gasteiger partial charge in [0.1, 0.15) is 0 Å². The Morgan fingerprint density at radius 1 is 1.10 bits per heavy atom. The molecule has 0 aliphatic heterocycles. The van der Waals surface area contributed by atoms with E-state index >= 15 is 0 Å². The lowest BCUT2D eigenvalue weighted by Crippen LogP contribution is -2.49. The second kappa shape index (κ2) is 6.61. The van der Waals surface area contributed by atoms with Crippen LogP contribution in [0, 0.1) is 10.8 Å². The summed E-state index contributed by atoms with van der Waals surface area (Å²) in [6.45, 7) is 12.5. The van der Waals surface area contributed by atoms with Crippen LogP contribution in [0.5, 0.6) is 0 Å². The Hall–Kier alpha value is -1.35. The number of nitrogens with two attached hydrogens (primary N) is 1. The molecule has 0 aliphatic carbocycles. The number of hydrogen-bond donors (Lipinski definition) is 2. The number of benzene rings is 1. The first-order valence-electron chi connectivity index (χ1n) is 7.61. The standard InChI is InChI=1S/C18H30N2O/c1-17(2,3)12-14(13-10-8-7-9-11-13)20-16(21)15(19)18(4,5)6/h7-11,14-15H,12,19H2,1-6H3,(H,20,21). The monoisotopic (exact) mass is 290 g/mol. The highest BCUT2D eigenvalue weighted by atomic mass is 16.2. The SMILES string of the molecule is CC(C)(C)CC(NC(=O)C(N)C(C)(C)C)c1ccccc1. The van der Waals surface area contributed by atoms with Gasteiger partial charge in [0.05, 0.1) is 12.1 Å². The van der Waals surface area contributed by atoms with Gasteiger partial charge in [0.15, 0.2) is 0 Å². The number of rotatable bonds is 4. The zero-order chi connectivity index (χ0) is 16.3. The molecule has 1 aromatic rings. The molecule has 0 saturated carbocycles. The molecule has 0 bridgehead atoms. The van der Waals surface area contributed by atoms with Crippen LogP contribution in [0.15, 0.2) is 30.3 Å². The molecule has 118 valence electrons. The molecule has 0 saturated heterocycles. The Balaban J connectivity index is 2.91. The highest BCUT2D eigenvalue weighted by molar-refractivity contribution is 5.82. The van der Waals surface area contributed by atoms with Crippen molar-refractivity contribution in [2.24, 2.45) is 16.6 Å². The van der Waals surface area contributed by atoms with E-state index in [1.165, 1.54) is 0 Å². The third-order valence-electron chi connectivity index (χ3n) is 3.55. The summed E-state index contributed by atoms with van der Waals surface area (Å²) < 4.78 is 0. The maximum Gasteiger partial charge on any atom is 0.237 e. The zero-order valence-electron chi connectivity index (χ0n) is 14.2. The van der Waals surface area contributed by atoms with Gasteiger partial charge in [-0.1, -0.05) is 71.9 Å². The molecule has 0 spiro atoms. The summed E-state index contributed by atoms with van der Waals surface area (Å²) in [5.41, 5.74) is 7.08. The van der Waals surface area contributed by atoms with E-state index in [4.69, 9.17) is 5.73 Å². The molecule has 0 fully saturated rings. The highest BCUT2D eigenvalue weighted by Crippen LogP contribution is 2.30. The van der Waals surface area contributed by atoms with Crippen LogP contribution in [-0.2, 0) is 4.79 Å². The van der Waals surface area contributed by atoms with E-state index in [0.717, 1.165) is 12.0 Å². The third-order valence-corrected chi connectivity index (χ3v) is 3.55. The molecule has 1 aromatic carbocycles. The summed E-state index contributed by atoms with van der Waals surface area (Å²) in [7, 11) is 0. The van der Waals surface area contributed by atoms with Crippen molar-refractivity contribution in [1.82, 2.24) is 5.32 Å². The van der Waals surface area contributed by atoms with Gasteiger partial charge in [0.25, 0.3) is 0 Å². The summed E-state index contributed by atoms with van der Waals surface area (Å²) in [5.74, 6) is -0.0828. The van der Waals surface area contributed by atoms with Gasteiger partial charge in [0, 0.05) is 0 Å². The van der Waals surface area contributed by atoms with E-state index in [0.29, 0.717) is 0 Å². The molecule has 21 heavy (non-hydrogen) atoms. The Kier molecular flexibility index (Phi) is 5.57. The van der Waals surface area contributed by atoms with E-state index in [1.807, 2.05) is 39.0 Å². The van der Waals surface area contributed by atoms with E-state index in [1.54, 1.807) is 0 Å². The van der Waals surface area contributed by atoms with Gasteiger partial charge < -0.3 is 11.1 Å². The van der Waals surface area contributed by atoms with Crippen LogP contribution in [-0.4, -0.2) is 11.9 Å². The molecule has 0 heterocycles. The van der Waals surface area contributed by atoms with E-state index in [2.05, 4.69) is 38.2 Å². The van der Waals surface area contributed by atoms with Gasteiger partial charge in [-0.15, -0.1) is 0 Å². The molecule has 0 radical (unpaired) electrons. The molecule has 0 aromatic heterocycles. The van der Waals surface area contributed by atoms with Gasteiger partial charge in [-0.3, -0.25) is 4.79 Å². The normalized spacial score (nSPS) is 15.4. The molecule has 1 rings (SSSR count). The van der Waals surface area contributed by atoms with Crippen molar-refractivity contribution >= 4 is 5.91 Å². The number of hydrogen-bond acceptors (Lipinski definition) is 2. The average molecular weight is 290 g/mol. The smallest absolute Gasteiger partial charge is 0.237 e. The van der Waals surface area contributed by atoms with Gasteiger partial charge in [0.2, 0.25) is 5.91 Å². The first kappa shape index (κ1) is 17.7. The van der Waals surface area contributed by atoms with Crippen LogP contribution in [0.1, 0.15) is 59.6 Å². The van der Waals surface area contributed by atoms with Crippen molar-refractivity contribution < 1.29 is 4.79 Å². The summed E-state index contributed by atoms with van der Waals surface area (Å²) in [6.07, 6.45) is 0.875. The summed E-state index contributed by atoms with van der Waals surface area (Å²) >= 11 is 0. The van der Waals surface area contributed by atoms with Gasteiger partial charge in [-0.25, -0.2) is 0 Å². The predicted molar refractivity (Wildman–Crippen MR) is 88.8 cm³/mol. The Morgan fingerprint density at radius 2 is 1.62 bits per heavy atom. The fourth-order valence-corrected chi connectivity index (χ4v) is 2.20. The minimum Gasteiger partial charge on any atom is -0.348 e. The first-order valence-corrected chi connectivity index (χ1v) is 7.61. The fourth-order valence-electron chi connectivity index (χ4n) is 2.20. The van der Waals surface area contributed by atoms with E-state index in [-0.39, 0.29) is 22.8 Å². The van der Waals surface area contributed by atoms with Crippen LogP contribution >= 0.6 is 0 Å². The molecule has 1 amide bonds. The lowest BCUT2D eigenvalue weighted by molar-refractivity contribution is -0.125. The van der Waals surface area contributed by atoms with E-state index < -0.39 is 6.04 Å². The van der Waals surface area contributed by atoms with Crippen molar-refractivity contribution in [2.75, 3.05) is 0 Å². The third kappa shape index (κ3) is 5.88. The highest BCUT2D eigenvalue weighted by Gasteiger charge is 2.30. The quantitative estimate of drug-likeness (QED) is 0.889. The average Bonchev–Trinajstić information content (AvgIpc) is 2.35. The molecule has 2 atom stereocenters. The molecular weight excluding hydrogens is 260 g/mol. The van der Waals surface area contributed by atoms with E-state index in [9.17, 15) is 4.79 Å². The Morgan fingerprint density at radius 3 is 2.05 bits per heavy atom. The second-order valence-corrected chi connectivity index (χ2v) is 8.08. The molecule has 0 aliphatic rings. The largest absolute Gasteiger partial charge is 0.348 e. The number of nitrogens with one attached hydrogen (secondary N) is 1. The summed E-state index contributed by atoms with van der Waals surface area (Å²) in [6, 6.07) is 9.58. The van der Waals surface area contributed by atoms with Crippen LogP contribution in [0.4, 0.5) is 0 Å². The molecular formula is C18H30N2O. The minimum atomic E-state index is -0.510. The first-order chi connectivity index (χ1) is 9.50. The summed E-state index contributed by atoms with van der Waals surface area (Å²) in [4.78, 5) is 12.4. The number of carbonyl (C=O) groups excluding carboxylic acids is 1. The molecule has 3 nitrogen and oxygen atoms in total. The van der Waals surface area contributed by atoms with Crippen molar-refractivity contribution in [3.63, 3.8) is 0 Å². The predicted octanol–water partition coefficient (Wildman–Crippen LogP) is 3.65. The van der Waals surface area contributed by atoms with Gasteiger partial charge in [-0.05, 0) is 22.8 Å². The van der Waals surface area contributed by atoms with Gasteiger partial charge >= 0.3 is 0 Å². The van der Waals surface area contributed by atoms with Crippen molar-refractivity contribution in [2.45, 2.75) is 60.0 Å². The molecule has 3 heteroatoms. The topological polar surface area (TPSA) is 55.1 Å². The summed E-state index contributed by atoms with van der Waals surface area (Å²) in [5, 5.41) is 3.13. The minimum absolute atomic E-state index is 0.00731. The maximum atomic E-state index is 12.4.